The number of carbonyl (C=O) groups excluding carboxylic acids is 1. The summed E-state index contributed by atoms with van der Waals surface area (Å²) in [6.07, 6.45) is 1.67. The minimum atomic E-state index is -0.938. The van der Waals surface area contributed by atoms with Crippen molar-refractivity contribution in [3.63, 3.8) is 0 Å². The molecule has 142 valence electrons. The van der Waals surface area contributed by atoms with Crippen LogP contribution in [0.2, 0.25) is 0 Å². The van der Waals surface area contributed by atoms with Gasteiger partial charge in [0, 0.05) is 45.9 Å². The first-order valence-electron chi connectivity index (χ1n) is 8.60. The summed E-state index contributed by atoms with van der Waals surface area (Å²) in [6, 6.07) is 9.34. The van der Waals surface area contributed by atoms with Crippen molar-refractivity contribution in [3.8, 4) is 5.82 Å². The monoisotopic (exact) mass is 385 g/mol. The molecule has 0 unspecified atom stereocenters. The number of aryl methyl sites for hydroxylation is 2. The number of carbonyl (C=O) groups is 1. The van der Waals surface area contributed by atoms with Gasteiger partial charge in [0.05, 0.1) is 5.56 Å². The number of amides is 1. The van der Waals surface area contributed by atoms with Gasteiger partial charge >= 0.3 is 0 Å². The molecule has 0 aliphatic rings. The van der Waals surface area contributed by atoms with Gasteiger partial charge in [-0.3, -0.25) is 13.6 Å². The number of benzene rings is 1. The lowest BCUT2D eigenvalue weighted by Gasteiger charge is -2.12. The van der Waals surface area contributed by atoms with Crippen molar-refractivity contribution in [3.05, 3.63) is 64.2 Å². The largest absolute Gasteiger partial charge is 0.360 e. The van der Waals surface area contributed by atoms with Gasteiger partial charge in [0.25, 0.3) is 5.91 Å². The average Bonchev–Trinajstić information content (AvgIpc) is 3.13. The van der Waals surface area contributed by atoms with Crippen molar-refractivity contribution >= 4 is 22.4 Å². The van der Waals surface area contributed by atoms with Crippen LogP contribution in [0.3, 0.4) is 0 Å². The zero-order valence-corrected chi connectivity index (χ0v) is 16.9. The fourth-order valence-corrected chi connectivity index (χ4v) is 3.94. The number of hydrogen-bond acceptors (Lipinski definition) is 4. The van der Waals surface area contributed by atoms with E-state index >= 15 is 0 Å². The van der Waals surface area contributed by atoms with E-state index in [1.807, 2.05) is 62.6 Å². The maximum atomic E-state index is 12.9. The van der Waals surface area contributed by atoms with Gasteiger partial charge < -0.3 is 9.84 Å². The Kier molecular flexibility index (Phi) is 5.32. The Morgan fingerprint density at radius 1 is 1.22 bits per heavy atom. The fourth-order valence-electron chi connectivity index (χ4n) is 3.19. The summed E-state index contributed by atoms with van der Waals surface area (Å²) in [5.74, 6) is 1.65. The van der Waals surface area contributed by atoms with E-state index in [1.165, 1.54) is 0 Å². The summed E-state index contributed by atoms with van der Waals surface area (Å²) in [5.41, 5.74) is 4.90. The van der Waals surface area contributed by atoms with Gasteiger partial charge in [-0.15, -0.1) is 0 Å². The van der Waals surface area contributed by atoms with Crippen molar-refractivity contribution in [2.45, 2.75) is 33.4 Å². The Hall–Kier alpha value is -2.67. The van der Waals surface area contributed by atoms with Crippen LogP contribution in [0.5, 0.6) is 0 Å². The summed E-state index contributed by atoms with van der Waals surface area (Å²) in [4.78, 5) is 12.9. The standard InChI is InChI=1S/C20H23N3O3S/c1-12-9-17(15(4)23(12)19-10-13(2)26-22-19)20(24)21-18-8-6-7-16(14(18)3)11-27(5)25/h6-10H,11H2,1-5H3,(H,21,24)/t27-/m0/s1. The third kappa shape index (κ3) is 3.88. The van der Waals surface area contributed by atoms with E-state index in [-0.39, 0.29) is 5.91 Å². The van der Waals surface area contributed by atoms with Gasteiger partial charge in [-0.1, -0.05) is 17.3 Å². The van der Waals surface area contributed by atoms with Crippen LogP contribution >= 0.6 is 0 Å². The van der Waals surface area contributed by atoms with Crippen LogP contribution < -0.4 is 5.32 Å². The highest BCUT2D eigenvalue weighted by Crippen LogP contribution is 2.24. The van der Waals surface area contributed by atoms with E-state index in [2.05, 4.69) is 10.5 Å². The smallest absolute Gasteiger partial charge is 0.257 e. The normalized spacial score (nSPS) is 12.2. The SMILES string of the molecule is Cc1cc(-n2c(C)cc(C(=O)Nc3cccc(C[S@](C)=O)c3C)c2C)no1. The topological polar surface area (TPSA) is 77.1 Å². The third-order valence-corrected chi connectivity index (χ3v) is 5.29. The highest BCUT2D eigenvalue weighted by molar-refractivity contribution is 7.83. The minimum Gasteiger partial charge on any atom is -0.360 e. The second kappa shape index (κ2) is 7.52. The molecule has 6 nitrogen and oxygen atoms in total. The molecule has 3 aromatic rings. The van der Waals surface area contributed by atoms with Crippen LogP contribution in [0.15, 0.2) is 34.9 Å². The maximum absolute atomic E-state index is 12.9. The lowest BCUT2D eigenvalue weighted by Crippen LogP contribution is -2.14. The predicted molar refractivity (Wildman–Crippen MR) is 107 cm³/mol. The fraction of sp³-hybridized carbons (Fsp3) is 0.300. The molecule has 1 atom stereocenters. The first-order chi connectivity index (χ1) is 12.8. The van der Waals surface area contributed by atoms with E-state index in [4.69, 9.17) is 4.52 Å². The number of rotatable bonds is 5. The Balaban J connectivity index is 1.91. The van der Waals surface area contributed by atoms with Crippen molar-refractivity contribution < 1.29 is 13.5 Å². The first kappa shape index (κ1) is 19.1. The second-order valence-corrected chi connectivity index (χ2v) is 8.11. The minimum absolute atomic E-state index is 0.188. The van der Waals surface area contributed by atoms with Gasteiger partial charge in [-0.05, 0) is 51.0 Å². The van der Waals surface area contributed by atoms with E-state index in [9.17, 15) is 9.00 Å². The van der Waals surface area contributed by atoms with Gasteiger partial charge in [0.15, 0.2) is 5.82 Å². The first-order valence-corrected chi connectivity index (χ1v) is 10.3. The molecule has 0 aliphatic heterocycles. The Bertz CT molecular complexity index is 1030. The molecule has 2 aromatic heterocycles. The summed E-state index contributed by atoms with van der Waals surface area (Å²) in [7, 11) is -0.938. The van der Waals surface area contributed by atoms with Gasteiger partial charge in [0.1, 0.15) is 5.76 Å². The van der Waals surface area contributed by atoms with Crippen LogP contribution in [-0.4, -0.2) is 26.1 Å². The number of hydrogen-bond donors (Lipinski definition) is 1. The highest BCUT2D eigenvalue weighted by Gasteiger charge is 2.19. The third-order valence-electron chi connectivity index (χ3n) is 4.57. The van der Waals surface area contributed by atoms with E-state index < -0.39 is 10.8 Å². The average molecular weight is 385 g/mol. The number of anilines is 1. The number of nitrogens with one attached hydrogen (secondary N) is 1. The van der Waals surface area contributed by atoms with Crippen LogP contribution in [0.25, 0.3) is 5.82 Å². The van der Waals surface area contributed by atoms with Gasteiger partial charge in [-0.2, -0.15) is 0 Å². The highest BCUT2D eigenvalue weighted by atomic mass is 32.2. The van der Waals surface area contributed by atoms with Gasteiger partial charge in [0.2, 0.25) is 0 Å². The molecule has 0 saturated heterocycles. The summed E-state index contributed by atoms with van der Waals surface area (Å²) < 4.78 is 18.6. The lowest BCUT2D eigenvalue weighted by molar-refractivity contribution is 0.102. The summed E-state index contributed by atoms with van der Waals surface area (Å²) in [6.45, 7) is 7.57. The zero-order chi connectivity index (χ0) is 19.7. The molecular weight excluding hydrogens is 362 g/mol. The predicted octanol–water partition coefficient (Wildman–Crippen LogP) is 3.83. The van der Waals surface area contributed by atoms with E-state index in [1.54, 1.807) is 6.26 Å². The van der Waals surface area contributed by atoms with Crippen LogP contribution in [-0.2, 0) is 16.6 Å². The van der Waals surface area contributed by atoms with Gasteiger partial charge in [-0.25, -0.2) is 0 Å². The number of nitrogens with zero attached hydrogens (tertiary/aromatic N) is 2. The molecule has 27 heavy (non-hydrogen) atoms. The molecule has 0 spiro atoms. The molecule has 1 aromatic carbocycles. The lowest BCUT2D eigenvalue weighted by atomic mass is 10.1. The Morgan fingerprint density at radius 2 is 1.96 bits per heavy atom. The van der Waals surface area contributed by atoms with Crippen molar-refractivity contribution in [1.82, 2.24) is 9.72 Å². The molecule has 0 fully saturated rings. The molecule has 2 heterocycles. The molecule has 0 bridgehead atoms. The molecule has 0 aliphatic carbocycles. The van der Waals surface area contributed by atoms with Crippen LogP contribution in [0.1, 0.15) is 38.6 Å². The van der Waals surface area contributed by atoms with Crippen molar-refractivity contribution in [1.29, 1.82) is 0 Å². The molecule has 3 rings (SSSR count). The van der Waals surface area contributed by atoms with Crippen LogP contribution in [0.4, 0.5) is 5.69 Å². The van der Waals surface area contributed by atoms with Crippen molar-refractivity contribution in [2.24, 2.45) is 0 Å². The molecule has 7 heteroatoms. The van der Waals surface area contributed by atoms with E-state index in [0.29, 0.717) is 22.9 Å². The quantitative estimate of drug-likeness (QED) is 0.724. The summed E-state index contributed by atoms with van der Waals surface area (Å²) in [5, 5.41) is 7.03. The molecular formula is C20H23N3O3S. The number of aromatic nitrogens is 2. The van der Waals surface area contributed by atoms with Crippen molar-refractivity contribution in [2.75, 3.05) is 11.6 Å². The zero-order valence-electron chi connectivity index (χ0n) is 16.1. The Labute approximate surface area is 161 Å². The second-order valence-electron chi connectivity index (χ2n) is 6.68. The maximum Gasteiger partial charge on any atom is 0.257 e. The van der Waals surface area contributed by atoms with Crippen LogP contribution in [0, 0.1) is 27.7 Å². The Morgan fingerprint density at radius 3 is 2.59 bits per heavy atom. The molecule has 0 radical (unpaired) electrons. The van der Waals surface area contributed by atoms with E-state index in [0.717, 1.165) is 28.2 Å². The molecule has 1 amide bonds. The molecule has 0 saturated carbocycles. The summed E-state index contributed by atoms with van der Waals surface area (Å²) >= 11 is 0. The molecule has 1 N–H and O–H groups in total.